The summed E-state index contributed by atoms with van der Waals surface area (Å²) in [6.07, 6.45) is 0. The van der Waals surface area contributed by atoms with E-state index in [-0.39, 0.29) is 16.1 Å². The van der Waals surface area contributed by atoms with Gasteiger partial charge in [-0.15, -0.1) is 0 Å². The smallest absolute Gasteiger partial charge is 0.228 e. The Morgan fingerprint density at radius 2 is 1.50 bits per heavy atom. The molecule has 1 aromatic heterocycles. The first-order valence-corrected chi connectivity index (χ1v) is 6.14. The molecule has 6 heteroatoms. The van der Waals surface area contributed by atoms with Gasteiger partial charge in [-0.05, 0) is 42.6 Å². The summed E-state index contributed by atoms with van der Waals surface area (Å²) >= 11 is 11.5. The number of hydrogen-bond donors (Lipinski definition) is 1. The second-order valence-corrected chi connectivity index (χ2v) is 4.99. The number of anilines is 1. The summed E-state index contributed by atoms with van der Waals surface area (Å²) in [5.41, 5.74) is 0.771. The fourth-order valence-electron chi connectivity index (χ4n) is 1.59. The molecule has 0 aliphatic rings. The monoisotopic (exact) mass is 282 g/mol. The van der Waals surface area contributed by atoms with Crippen LogP contribution in [0.25, 0.3) is 0 Å². The first-order chi connectivity index (χ1) is 8.47. The van der Waals surface area contributed by atoms with Crippen LogP contribution in [0.1, 0.15) is 19.4 Å². The van der Waals surface area contributed by atoms with E-state index in [2.05, 4.69) is 20.3 Å². The summed E-state index contributed by atoms with van der Waals surface area (Å²) in [5, 5.41) is 3.33. The fourth-order valence-corrected chi connectivity index (χ4v) is 1.95. The van der Waals surface area contributed by atoms with Crippen molar-refractivity contribution >= 4 is 29.2 Å². The second-order valence-electron chi connectivity index (χ2n) is 4.31. The summed E-state index contributed by atoms with van der Waals surface area (Å²) in [7, 11) is 0. The molecule has 0 saturated heterocycles. The van der Waals surface area contributed by atoms with E-state index in [1.54, 1.807) is 0 Å². The Balaban J connectivity index is 2.27. The van der Waals surface area contributed by atoms with Gasteiger partial charge >= 0.3 is 0 Å². The number of aromatic nitrogens is 3. The molecule has 0 aliphatic carbocycles. The molecule has 0 atom stereocenters. The lowest BCUT2D eigenvalue weighted by atomic mass is 9.95. The third-order valence-electron chi connectivity index (χ3n) is 2.50. The predicted molar refractivity (Wildman–Crippen MR) is 72.9 cm³/mol. The highest BCUT2D eigenvalue weighted by molar-refractivity contribution is 6.31. The second kappa shape index (κ2) is 5.08. The molecule has 1 heterocycles. The molecule has 1 N–H and O–H groups in total. The average molecular weight is 283 g/mol. The van der Waals surface area contributed by atoms with E-state index in [0.29, 0.717) is 5.95 Å². The normalized spacial score (nSPS) is 11.3. The van der Waals surface area contributed by atoms with Crippen LogP contribution in [0.3, 0.4) is 0 Å². The molecule has 0 fully saturated rings. The third kappa shape index (κ3) is 3.09. The highest BCUT2D eigenvalue weighted by atomic mass is 35.5. The van der Waals surface area contributed by atoms with Crippen molar-refractivity contribution in [2.75, 3.05) is 5.32 Å². The van der Waals surface area contributed by atoms with E-state index in [9.17, 15) is 0 Å². The van der Waals surface area contributed by atoms with Crippen LogP contribution in [0.4, 0.5) is 5.95 Å². The maximum absolute atomic E-state index is 5.74. The molecule has 4 nitrogen and oxygen atoms in total. The summed E-state index contributed by atoms with van der Waals surface area (Å²) in [4.78, 5) is 11.7. The molecule has 94 valence electrons. The van der Waals surface area contributed by atoms with Crippen LogP contribution in [0.2, 0.25) is 10.6 Å². The Morgan fingerprint density at radius 1 is 0.944 bits per heavy atom. The lowest BCUT2D eigenvalue weighted by Gasteiger charge is -2.26. The molecular weight excluding hydrogens is 271 g/mol. The summed E-state index contributed by atoms with van der Waals surface area (Å²) in [6, 6.07) is 9.98. The van der Waals surface area contributed by atoms with Crippen LogP contribution < -0.4 is 5.32 Å². The number of nitrogens with one attached hydrogen (secondary N) is 1. The van der Waals surface area contributed by atoms with Gasteiger partial charge in [0.25, 0.3) is 0 Å². The van der Waals surface area contributed by atoms with Crippen molar-refractivity contribution in [2.45, 2.75) is 19.4 Å². The Bertz CT molecular complexity index is 523. The van der Waals surface area contributed by atoms with Crippen molar-refractivity contribution in [3.8, 4) is 0 Å². The van der Waals surface area contributed by atoms with Gasteiger partial charge in [-0.1, -0.05) is 30.3 Å². The van der Waals surface area contributed by atoms with Gasteiger partial charge in [0.05, 0.1) is 5.54 Å². The molecule has 2 rings (SSSR count). The van der Waals surface area contributed by atoms with E-state index in [1.165, 1.54) is 0 Å². The van der Waals surface area contributed by atoms with E-state index < -0.39 is 0 Å². The Kier molecular flexibility index (Phi) is 3.68. The zero-order valence-electron chi connectivity index (χ0n) is 9.98. The van der Waals surface area contributed by atoms with Gasteiger partial charge in [0.2, 0.25) is 16.5 Å². The van der Waals surface area contributed by atoms with Crippen molar-refractivity contribution in [3.63, 3.8) is 0 Å². The van der Waals surface area contributed by atoms with Gasteiger partial charge in [-0.25, -0.2) is 0 Å². The highest BCUT2D eigenvalue weighted by Crippen LogP contribution is 2.24. The molecule has 18 heavy (non-hydrogen) atoms. The molecule has 0 spiro atoms. The first kappa shape index (κ1) is 13.1. The first-order valence-electron chi connectivity index (χ1n) is 5.38. The van der Waals surface area contributed by atoms with Crippen molar-refractivity contribution in [2.24, 2.45) is 0 Å². The molecule has 0 unspecified atom stereocenters. The molecule has 0 aliphatic heterocycles. The third-order valence-corrected chi connectivity index (χ3v) is 2.84. The maximum atomic E-state index is 5.74. The van der Waals surface area contributed by atoms with Gasteiger partial charge in [-0.2, -0.15) is 15.0 Å². The van der Waals surface area contributed by atoms with Crippen LogP contribution in [0.5, 0.6) is 0 Å². The van der Waals surface area contributed by atoms with Crippen molar-refractivity contribution in [1.29, 1.82) is 0 Å². The number of benzene rings is 1. The molecule has 0 bridgehead atoms. The van der Waals surface area contributed by atoms with Crippen LogP contribution in [0, 0.1) is 0 Å². The van der Waals surface area contributed by atoms with Gasteiger partial charge < -0.3 is 5.32 Å². The average Bonchev–Trinajstić information content (AvgIpc) is 2.28. The van der Waals surface area contributed by atoms with Crippen molar-refractivity contribution in [3.05, 3.63) is 46.5 Å². The maximum Gasteiger partial charge on any atom is 0.228 e. The lowest BCUT2D eigenvalue weighted by molar-refractivity contribution is 0.601. The van der Waals surface area contributed by atoms with Crippen molar-refractivity contribution < 1.29 is 0 Å². The molecule has 1 aromatic carbocycles. The number of halogens is 2. The van der Waals surface area contributed by atoms with E-state index in [1.807, 2.05) is 44.2 Å². The molecular formula is C12H12Cl2N4. The Morgan fingerprint density at radius 3 is 2.06 bits per heavy atom. The summed E-state index contributed by atoms with van der Waals surface area (Å²) in [5.74, 6) is 0.355. The highest BCUT2D eigenvalue weighted by Gasteiger charge is 2.21. The number of rotatable bonds is 3. The lowest BCUT2D eigenvalue weighted by Crippen LogP contribution is -2.29. The molecule has 2 aromatic rings. The standard InChI is InChI=1S/C12H12Cl2N4/c1-12(2,8-6-4-3-5-7-8)18-11-16-9(13)15-10(14)17-11/h3-7H,1-2H3,(H,15,16,17,18). The van der Waals surface area contributed by atoms with Gasteiger partial charge in [0.15, 0.2) is 0 Å². The summed E-state index contributed by atoms with van der Waals surface area (Å²) < 4.78 is 0. The van der Waals surface area contributed by atoms with Crippen molar-refractivity contribution in [1.82, 2.24) is 15.0 Å². The molecule has 0 radical (unpaired) electrons. The number of hydrogen-bond acceptors (Lipinski definition) is 4. The minimum Gasteiger partial charge on any atom is -0.345 e. The fraction of sp³-hybridized carbons (Fsp3) is 0.250. The summed E-state index contributed by atoms with van der Waals surface area (Å²) in [6.45, 7) is 4.04. The topological polar surface area (TPSA) is 50.7 Å². The van der Waals surface area contributed by atoms with Gasteiger partial charge in [0.1, 0.15) is 0 Å². The van der Waals surface area contributed by atoms with Crippen LogP contribution >= 0.6 is 23.2 Å². The largest absolute Gasteiger partial charge is 0.345 e. The number of nitrogens with zero attached hydrogens (tertiary/aromatic N) is 3. The molecule has 0 amide bonds. The van der Waals surface area contributed by atoms with Crippen LogP contribution in [-0.2, 0) is 5.54 Å². The predicted octanol–water partition coefficient (Wildman–Crippen LogP) is 3.53. The quantitative estimate of drug-likeness (QED) is 0.936. The van der Waals surface area contributed by atoms with E-state index >= 15 is 0 Å². The zero-order valence-corrected chi connectivity index (χ0v) is 11.5. The van der Waals surface area contributed by atoms with E-state index in [0.717, 1.165) is 5.56 Å². The minimum absolute atomic E-state index is 0.0707. The van der Waals surface area contributed by atoms with Gasteiger partial charge in [0, 0.05) is 0 Å². The minimum atomic E-state index is -0.338. The SMILES string of the molecule is CC(C)(Nc1nc(Cl)nc(Cl)n1)c1ccccc1. The van der Waals surface area contributed by atoms with Crippen LogP contribution in [-0.4, -0.2) is 15.0 Å². The van der Waals surface area contributed by atoms with Crippen LogP contribution in [0.15, 0.2) is 30.3 Å². The zero-order chi connectivity index (χ0) is 13.2. The Labute approximate surface area is 115 Å². The Hall–Kier alpha value is -1.39. The molecule has 0 saturated carbocycles. The van der Waals surface area contributed by atoms with Gasteiger partial charge in [-0.3, -0.25) is 0 Å². The van der Waals surface area contributed by atoms with E-state index in [4.69, 9.17) is 23.2 Å².